The molecule has 1 saturated heterocycles. The number of nitrogens with zero attached hydrogens (tertiary/aromatic N) is 6. The minimum absolute atomic E-state index is 0.0642. The third kappa shape index (κ3) is 4.52. The van der Waals surface area contributed by atoms with Crippen LogP contribution in [0.3, 0.4) is 0 Å². The second-order valence-electron chi connectivity index (χ2n) is 7.14. The Morgan fingerprint density at radius 1 is 1.26 bits per heavy atom. The van der Waals surface area contributed by atoms with Crippen LogP contribution in [0.15, 0.2) is 30.7 Å². The van der Waals surface area contributed by atoms with Crippen LogP contribution in [0.5, 0.6) is 0 Å². The van der Waals surface area contributed by atoms with Crippen LogP contribution in [0.4, 0.5) is 24.8 Å². The van der Waals surface area contributed by atoms with Gasteiger partial charge in [0.25, 0.3) is 5.91 Å². The molecule has 0 saturated carbocycles. The fourth-order valence-electron chi connectivity index (χ4n) is 3.59. The van der Waals surface area contributed by atoms with Gasteiger partial charge in [0.2, 0.25) is 5.82 Å². The molecule has 4 rings (SSSR count). The number of carbonyl (C=O) groups is 1. The number of halogens is 3. The maximum absolute atomic E-state index is 12.5. The maximum atomic E-state index is 12.5. The molecule has 0 bridgehead atoms. The fourth-order valence-corrected chi connectivity index (χ4v) is 3.59. The summed E-state index contributed by atoms with van der Waals surface area (Å²) in [6.45, 7) is 2.17. The smallest absolute Gasteiger partial charge is 0.364 e. The van der Waals surface area contributed by atoms with Crippen molar-refractivity contribution in [1.82, 2.24) is 29.8 Å². The Bertz CT molecular complexity index is 1070. The van der Waals surface area contributed by atoms with E-state index in [2.05, 4.69) is 30.2 Å². The predicted octanol–water partition coefficient (Wildman–Crippen LogP) is 2.22. The van der Waals surface area contributed by atoms with E-state index in [9.17, 15) is 18.0 Å². The Morgan fingerprint density at radius 3 is 2.81 bits per heavy atom. The summed E-state index contributed by atoms with van der Waals surface area (Å²) in [5.41, 5.74) is 0.731. The number of hydrogen-bond donors (Lipinski definition) is 2. The molecule has 12 heteroatoms. The monoisotopic (exact) mass is 434 g/mol. The Labute approximate surface area is 175 Å². The van der Waals surface area contributed by atoms with E-state index in [1.807, 2.05) is 23.5 Å². The van der Waals surface area contributed by atoms with Crippen LogP contribution >= 0.6 is 0 Å². The molecule has 1 amide bonds. The molecule has 3 aromatic rings. The van der Waals surface area contributed by atoms with E-state index in [0.717, 1.165) is 18.8 Å². The standard InChI is InChI=1S/C19H21F3N8O/c1-2-30-16-14(28-17(30)18(31)24-10-19(20,21)22)15(25-11-26-16)27-12-6-8-29(9-12)13-5-3-4-7-23-13/h3-5,7,11-12H,2,6,8-10H2,1H3,(H,24,31)(H,25,26,27)/t12-/m0/s1. The van der Waals surface area contributed by atoms with E-state index in [1.165, 1.54) is 10.9 Å². The Kier molecular flexibility index (Phi) is 5.61. The largest absolute Gasteiger partial charge is 0.405 e. The van der Waals surface area contributed by atoms with Gasteiger partial charge < -0.3 is 20.1 Å². The summed E-state index contributed by atoms with van der Waals surface area (Å²) in [4.78, 5) is 31.6. The van der Waals surface area contributed by atoms with Crippen molar-refractivity contribution in [3.8, 4) is 0 Å². The molecule has 0 unspecified atom stereocenters. The number of amides is 1. The molecule has 0 radical (unpaired) electrons. The van der Waals surface area contributed by atoms with E-state index in [4.69, 9.17) is 0 Å². The molecule has 4 heterocycles. The summed E-state index contributed by atoms with van der Waals surface area (Å²) in [7, 11) is 0. The third-order valence-electron chi connectivity index (χ3n) is 5.00. The second kappa shape index (κ2) is 8.36. The first kappa shape index (κ1) is 20.8. The number of hydrogen-bond acceptors (Lipinski definition) is 7. The molecule has 9 nitrogen and oxygen atoms in total. The quantitative estimate of drug-likeness (QED) is 0.614. The van der Waals surface area contributed by atoms with Crippen LogP contribution in [-0.2, 0) is 6.54 Å². The minimum atomic E-state index is -4.51. The van der Waals surface area contributed by atoms with E-state index < -0.39 is 18.6 Å². The maximum Gasteiger partial charge on any atom is 0.405 e. The Hall–Kier alpha value is -3.44. The molecule has 1 atom stereocenters. The molecule has 3 aromatic heterocycles. The van der Waals surface area contributed by atoms with E-state index in [0.29, 0.717) is 30.1 Å². The van der Waals surface area contributed by atoms with E-state index in [-0.39, 0.29) is 11.9 Å². The molecule has 0 aromatic carbocycles. The van der Waals surface area contributed by atoms with E-state index >= 15 is 0 Å². The van der Waals surface area contributed by atoms with Crippen molar-refractivity contribution < 1.29 is 18.0 Å². The van der Waals surface area contributed by atoms with Gasteiger partial charge in [-0.25, -0.2) is 19.9 Å². The number of fused-ring (bicyclic) bond motifs is 1. The molecular weight excluding hydrogens is 413 g/mol. The van der Waals surface area contributed by atoms with Crippen LogP contribution in [0, 0.1) is 0 Å². The van der Waals surface area contributed by atoms with Crippen LogP contribution in [0.2, 0.25) is 0 Å². The number of anilines is 2. The number of carbonyl (C=O) groups excluding carboxylic acids is 1. The van der Waals surface area contributed by atoms with Gasteiger partial charge in [0.05, 0.1) is 0 Å². The number of rotatable bonds is 6. The molecule has 0 aliphatic carbocycles. The number of aromatic nitrogens is 5. The lowest BCUT2D eigenvalue weighted by atomic mass is 10.2. The summed E-state index contributed by atoms with van der Waals surface area (Å²) in [5.74, 6) is 0.283. The molecule has 0 spiro atoms. The van der Waals surface area contributed by atoms with Gasteiger partial charge in [0.15, 0.2) is 17.0 Å². The zero-order valence-corrected chi connectivity index (χ0v) is 16.7. The lowest BCUT2D eigenvalue weighted by molar-refractivity contribution is -0.123. The van der Waals surface area contributed by atoms with Gasteiger partial charge in [-0.1, -0.05) is 6.07 Å². The lowest BCUT2D eigenvalue weighted by Gasteiger charge is -2.18. The van der Waals surface area contributed by atoms with Gasteiger partial charge in [-0.05, 0) is 25.5 Å². The van der Waals surface area contributed by atoms with Crippen LogP contribution in [0.25, 0.3) is 11.2 Å². The normalized spacial score (nSPS) is 16.6. The van der Waals surface area contributed by atoms with Gasteiger partial charge in [-0.2, -0.15) is 13.2 Å². The van der Waals surface area contributed by atoms with Crippen molar-refractivity contribution in [3.63, 3.8) is 0 Å². The summed E-state index contributed by atoms with van der Waals surface area (Å²) < 4.78 is 38.9. The van der Waals surface area contributed by atoms with Gasteiger partial charge >= 0.3 is 6.18 Å². The number of imidazole rings is 1. The van der Waals surface area contributed by atoms with Crippen LogP contribution in [-0.4, -0.2) is 62.3 Å². The van der Waals surface area contributed by atoms with Crippen LogP contribution < -0.4 is 15.5 Å². The van der Waals surface area contributed by atoms with Crippen molar-refractivity contribution >= 4 is 28.7 Å². The molecule has 1 aliphatic heterocycles. The van der Waals surface area contributed by atoms with Crippen molar-refractivity contribution in [2.45, 2.75) is 32.1 Å². The summed E-state index contributed by atoms with van der Waals surface area (Å²) in [5, 5.41) is 5.20. The minimum Gasteiger partial charge on any atom is -0.364 e. The summed E-state index contributed by atoms with van der Waals surface area (Å²) >= 11 is 0. The SMILES string of the molecule is CCn1c(C(=O)NCC(F)(F)F)nc2c(N[C@H]3CCN(c4ccccn4)C3)ncnc21. The van der Waals surface area contributed by atoms with Crippen LogP contribution in [0.1, 0.15) is 24.0 Å². The number of nitrogens with one attached hydrogen (secondary N) is 2. The van der Waals surface area contributed by atoms with Crippen molar-refractivity contribution in [3.05, 3.63) is 36.5 Å². The summed E-state index contributed by atoms with van der Waals surface area (Å²) in [6, 6.07) is 5.80. The fraction of sp³-hybridized carbons (Fsp3) is 0.421. The molecule has 1 aliphatic rings. The van der Waals surface area contributed by atoms with Gasteiger partial charge in [-0.3, -0.25) is 4.79 Å². The highest BCUT2D eigenvalue weighted by Crippen LogP contribution is 2.24. The number of alkyl halides is 3. The molecular formula is C19H21F3N8O. The number of pyridine rings is 1. The Morgan fingerprint density at radius 2 is 2.10 bits per heavy atom. The molecule has 31 heavy (non-hydrogen) atoms. The average molecular weight is 434 g/mol. The van der Waals surface area contributed by atoms with E-state index in [1.54, 1.807) is 13.1 Å². The zero-order chi connectivity index (χ0) is 22.0. The highest BCUT2D eigenvalue weighted by molar-refractivity contribution is 5.96. The first-order valence-corrected chi connectivity index (χ1v) is 9.84. The second-order valence-corrected chi connectivity index (χ2v) is 7.14. The first-order chi connectivity index (χ1) is 14.9. The highest BCUT2D eigenvalue weighted by Gasteiger charge is 2.30. The highest BCUT2D eigenvalue weighted by atomic mass is 19.4. The van der Waals surface area contributed by atoms with Gasteiger partial charge in [0, 0.05) is 31.9 Å². The van der Waals surface area contributed by atoms with Crippen molar-refractivity contribution in [2.24, 2.45) is 0 Å². The van der Waals surface area contributed by atoms with Crippen molar-refractivity contribution in [2.75, 3.05) is 29.9 Å². The average Bonchev–Trinajstić information content (AvgIpc) is 3.37. The summed E-state index contributed by atoms with van der Waals surface area (Å²) in [6.07, 6.45) is -0.573. The predicted molar refractivity (Wildman–Crippen MR) is 108 cm³/mol. The first-order valence-electron chi connectivity index (χ1n) is 9.84. The molecule has 2 N–H and O–H groups in total. The molecule has 164 valence electrons. The third-order valence-corrected chi connectivity index (χ3v) is 5.00. The zero-order valence-electron chi connectivity index (χ0n) is 16.7. The number of aryl methyl sites for hydroxylation is 1. The lowest BCUT2D eigenvalue weighted by Crippen LogP contribution is -2.35. The Balaban J connectivity index is 1.55. The van der Waals surface area contributed by atoms with Crippen molar-refractivity contribution in [1.29, 1.82) is 0 Å². The van der Waals surface area contributed by atoms with Gasteiger partial charge in [0.1, 0.15) is 18.7 Å². The van der Waals surface area contributed by atoms with Gasteiger partial charge in [-0.15, -0.1) is 0 Å². The molecule has 1 fully saturated rings. The topological polar surface area (TPSA) is 101 Å².